The number of piperidine rings is 1. The molecule has 2 aliphatic heterocycles. The molecule has 0 N–H and O–H groups in total. The van der Waals surface area contributed by atoms with Crippen molar-refractivity contribution in [2.24, 2.45) is 4.99 Å². The summed E-state index contributed by atoms with van der Waals surface area (Å²) in [5.41, 5.74) is 1.93. The first kappa shape index (κ1) is 39.3. The fourth-order valence-electron chi connectivity index (χ4n) is 5.45. The molecule has 1 aromatic carbocycles. The van der Waals surface area contributed by atoms with E-state index in [1.54, 1.807) is 32.2 Å². The van der Waals surface area contributed by atoms with Crippen LogP contribution < -0.4 is 4.74 Å². The van der Waals surface area contributed by atoms with Crippen LogP contribution >= 0.6 is 23.2 Å². The lowest BCUT2D eigenvalue weighted by Gasteiger charge is -2.45. The van der Waals surface area contributed by atoms with Gasteiger partial charge in [0.2, 0.25) is 0 Å². The van der Waals surface area contributed by atoms with Crippen molar-refractivity contribution in [3.8, 4) is 5.75 Å². The van der Waals surface area contributed by atoms with Crippen molar-refractivity contribution in [1.82, 2.24) is 4.90 Å². The number of carbonyl (C=O) groups excluding carboxylic acids is 1. The topological polar surface area (TPSA) is 60.4 Å². The van der Waals surface area contributed by atoms with Crippen molar-refractivity contribution in [3.63, 3.8) is 0 Å². The maximum atomic E-state index is 13.3. The summed E-state index contributed by atoms with van der Waals surface area (Å²) in [5, 5.41) is 1.01. The highest BCUT2D eigenvalue weighted by Crippen LogP contribution is 2.39. The molecule has 1 aromatic rings. The molecular weight excluding hydrogens is 640 g/mol. The van der Waals surface area contributed by atoms with Crippen molar-refractivity contribution in [2.75, 3.05) is 19.7 Å². The van der Waals surface area contributed by atoms with Gasteiger partial charge in [-0.1, -0.05) is 74.0 Å². The van der Waals surface area contributed by atoms with E-state index in [0.29, 0.717) is 54.4 Å². The molecule has 1 saturated heterocycles. The summed E-state index contributed by atoms with van der Waals surface area (Å²) < 4.78 is 55.1. The molecular formula is C35H45Cl2F3N2O4. The minimum absolute atomic E-state index is 0.166. The van der Waals surface area contributed by atoms with E-state index in [-0.39, 0.29) is 17.9 Å². The SMILES string of the molecule is C=C(Cl)/C=C(\C/C=C(\C)Cl)C1/C=C/C=C\N=C(C)CC2(CCN(C(C(=O)OCC)c3ccc(OC(F)(F)F)c(C)c3)CC2)O1.CC. The molecule has 0 aliphatic carbocycles. The van der Waals surface area contributed by atoms with Gasteiger partial charge < -0.3 is 14.2 Å². The Morgan fingerprint density at radius 2 is 1.89 bits per heavy atom. The van der Waals surface area contributed by atoms with Crippen molar-refractivity contribution in [2.45, 2.75) is 91.3 Å². The second-order valence-corrected chi connectivity index (χ2v) is 12.0. The van der Waals surface area contributed by atoms with Gasteiger partial charge in [-0.05, 0) is 81.9 Å². The molecule has 6 nitrogen and oxygen atoms in total. The lowest BCUT2D eigenvalue weighted by molar-refractivity contribution is -0.274. The molecule has 0 amide bonds. The van der Waals surface area contributed by atoms with E-state index in [4.69, 9.17) is 32.7 Å². The van der Waals surface area contributed by atoms with E-state index in [1.807, 2.05) is 50.0 Å². The average molecular weight is 686 g/mol. The number of likely N-dealkylation sites (tertiary alicyclic amines) is 1. The first-order chi connectivity index (χ1) is 21.7. The van der Waals surface area contributed by atoms with Crippen LogP contribution in [0.3, 0.4) is 0 Å². The normalized spacial score (nSPS) is 21.3. The monoisotopic (exact) mass is 684 g/mol. The standard InChI is InChI=1S/C33H39Cl2F3N2O4.C2H6/c1-6-42-31(41)30(27-12-13-28(22(2)19-27)44-33(36,37)38)40-17-14-32(15-18-40)21-25(5)39-16-8-7-9-29(43-32)26(20-24(4)35)11-10-23(3)34;1-2/h7-10,12-13,16,19-20,29-30H,4,6,11,14-15,17-18,21H2,1-3,5H3;1-2H3/b9-7+,16-8-,23-10+,26-20+,39-25?;. The van der Waals surface area contributed by atoms with Crippen LogP contribution in [0.4, 0.5) is 13.2 Å². The number of allylic oxidation sites excluding steroid dienone is 6. The van der Waals surface area contributed by atoms with E-state index in [9.17, 15) is 18.0 Å². The molecule has 1 fully saturated rings. The Hall–Kier alpha value is -2.85. The van der Waals surface area contributed by atoms with Gasteiger partial charge in [0.15, 0.2) is 0 Å². The Balaban J connectivity index is 0.00000361. The predicted octanol–water partition coefficient (Wildman–Crippen LogP) is 9.89. The summed E-state index contributed by atoms with van der Waals surface area (Å²) in [5.74, 6) is -0.793. The van der Waals surface area contributed by atoms with Crippen molar-refractivity contribution in [3.05, 3.63) is 88.1 Å². The number of nitrogens with zero attached hydrogens (tertiary/aromatic N) is 2. The number of carbonyl (C=O) groups is 1. The Morgan fingerprint density at radius 1 is 1.22 bits per heavy atom. The van der Waals surface area contributed by atoms with E-state index >= 15 is 0 Å². The highest BCUT2D eigenvalue weighted by molar-refractivity contribution is 6.31. The van der Waals surface area contributed by atoms with Crippen LogP contribution in [0.25, 0.3) is 0 Å². The van der Waals surface area contributed by atoms with Crippen molar-refractivity contribution < 1.29 is 32.2 Å². The summed E-state index contributed by atoms with van der Waals surface area (Å²) in [7, 11) is 0. The zero-order chi connectivity index (χ0) is 34.5. The van der Waals surface area contributed by atoms with Crippen molar-refractivity contribution >= 4 is 34.9 Å². The third-order valence-electron chi connectivity index (χ3n) is 7.38. The number of aryl methyl sites for hydroxylation is 1. The average Bonchev–Trinajstić information content (AvgIpc) is 2.97. The van der Waals surface area contributed by atoms with Gasteiger partial charge in [-0.3, -0.25) is 9.89 Å². The maximum absolute atomic E-state index is 13.3. The number of alkyl halides is 3. The minimum Gasteiger partial charge on any atom is -0.465 e. The van der Waals surface area contributed by atoms with Gasteiger partial charge in [0.1, 0.15) is 11.8 Å². The van der Waals surface area contributed by atoms with E-state index in [2.05, 4.69) is 16.3 Å². The first-order valence-electron chi connectivity index (χ1n) is 15.4. The van der Waals surface area contributed by atoms with Crippen LogP contribution in [0, 0.1) is 6.92 Å². The first-order valence-corrected chi connectivity index (χ1v) is 16.2. The van der Waals surface area contributed by atoms with Crippen LogP contribution in [-0.4, -0.2) is 54.3 Å². The summed E-state index contributed by atoms with van der Waals surface area (Å²) in [4.78, 5) is 19.8. The fourth-order valence-corrected chi connectivity index (χ4v) is 5.66. The molecule has 0 bridgehead atoms. The quantitative estimate of drug-likeness (QED) is 0.191. The lowest BCUT2D eigenvalue weighted by Crippen LogP contribution is -2.51. The van der Waals surface area contributed by atoms with Gasteiger partial charge in [-0.15, -0.1) is 13.2 Å². The molecule has 0 saturated carbocycles. The van der Waals surface area contributed by atoms with Gasteiger partial charge >= 0.3 is 12.3 Å². The number of rotatable bonds is 9. The second-order valence-electron chi connectivity index (χ2n) is 10.9. The van der Waals surface area contributed by atoms with Gasteiger partial charge in [-0.2, -0.15) is 0 Å². The Kier molecular flexibility index (Phi) is 15.8. The summed E-state index contributed by atoms with van der Waals surface area (Å²) >= 11 is 12.4. The minimum atomic E-state index is -4.82. The molecule has 2 unspecified atom stereocenters. The zero-order valence-electron chi connectivity index (χ0n) is 27.4. The smallest absolute Gasteiger partial charge is 0.465 e. The van der Waals surface area contributed by atoms with E-state index in [1.165, 1.54) is 19.1 Å². The molecule has 2 aliphatic rings. The molecule has 2 atom stereocenters. The van der Waals surface area contributed by atoms with Gasteiger partial charge in [0.25, 0.3) is 0 Å². The number of hydrogen-bond donors (Lipinski definition) is 0. The van der Waals surface area contributed by atoms with Gasteiger partial charge in [0.05, 0.1) is 18.3 Å². The number of halogens is 5. The number of ether oxygens (including phenoxy) is 3. The van der Waals surface area contributed by atoms with Gasteiger partial charge in [0, 0.05) is 41.5 Å². The summed E-state index contributed by atoms with van der Waals surface area (Å²) in [6, 6.07) is 3.44. The van der Waals surface area contributed by atoms with Crippen LogP contribution in [0.2, 0.25) is 0 Å². The molecule has 0 radical (unpaired) electrons. The zero-order valence-corrected chi connectivity index (χ0v) is 28.9. The Morgan fingerprint density at radius 3 is 2.46 bits per heavy atom. The lowest BCUT2D eigenvalue weighted by atomic mass is 9.84. The second kappa shape index (κ2) is 18.5. The largest absolute Gasteiger partial charge is 0.573 e. The van der Waals surface area contributed by atoms with Gasteiger partial charge in [-0.25, -0.2) is 4.79 Å². The third-order valence-corrected chi connectivity index (χ3v) is 7.65. The number of aliphatic imine (C=N–C) groups is 1. The molecule has 1 spiro atoms. The number of esters is 1. The molecule has 254 valence electrons. The highest BCUT2D eigenvalue weighted by Gasteiger charge is 2.42. The number of benzene rings is 1. The predicted molar refractivity (Wildman–Crippen MR) is 180 cm³/mol. The number of hydrogen-bond acceptors (Lipinski definition) is 6. The molecule has 2 heterocycles. The Bertz CT molecular complexity index is 1340. The molecule has 3 rings (SSSR count). The van der Waals surface area contributed by atoms with Crippen LogP contribution in [0.1, 0.15) is 77.5 Å². The molecule has 46 heavy (non-hydrogen) atoms. The van der Waals surface area contributed by atoms with Crippen LogP contribution in [0.5, 0.6) is 5.75 Å². The fraction of sp³-hybridized carbons (Fsp3) is 0.486. The van der Waals surface area contributed by atoms with E-state index < -0.39 is 30.1 Å². The Labute approximate surface area is 281 Å². The molecule has 0 aromatic heterocycles. The maximum Gasteiger partial charge on any atom is 0.573 e. The summed E-state index contributed by atoms with van der Waals surface area (Å²) in [6.45, 7) is 15.9. The van der Waals surface area contributed by atoms with Crippen molar-refractivity contribution in [1.29, 1.82) is 0 Å². The van der Waals surface area contributed by atoms with Crippen LogP contribution in [-0.2, 0) is 14.3 Å². The summed E-state index contributed by atoms with van der Waals surface area (Å²) in [6.07, 6.45) is 7.99. The highest BCUT2D eigenvalue weighted by atomic mass is 35.5. The van der Waals surface area contributed by atoms with Crippen LogP contribution in [0.15, 0.2) is 82.0 Å². The van der Waals surface area contributed by atoms with E-state index in [0.717, 1.165) is 11.3 Å². The third kappa shape index (κ3) is 12.4. The molecule has 11 heteroatoms.